The largest absolute Gasteiger partial charge is 0.493 e. The zero-order valence-corrected chi connectivity index (χ0v) is 24.0. The van der Waals surface area contributed by atoms with Crippen LogP contribution in [0.15, 0.2) is 41.5 Å². The molecule has 206 valence electrons. The highest BCUT2D eigenvalue weighted by atomic mass is 32.1. The number of rotatable bonds is 13. The third-order valence-corrected chi connectivity index (χ3v) is 6.41. The first-order valence-electron chi connectivity index (χ1n) is 12.6. The van der Waals surface area contributed by atoms with E-state index >= 15 is 0 Å². The van der Waals surface area contributed by atoms with Crippen molar-refractivity contribution >= 4 is 23.3 Å². The third-order valence-electron chi connectivity index (χ3n) is 6.17. The maximum absolute atomic E-state index is 12.6. The van der Waals surface area contributed by atoms with Gasteiger partial charge >= 0.3 is 5.97 Å². The molecule has 38 heavy (non-hydrogen) atoms. The molecule has 0 amide bonds. The second-order valence-electron chi connectivity index (χ2n) is 10.2. The Morgan fingerprint density at radius 2 is 1.84 bits per heavy atom. The molecular formula is C28H39N5O4S. The minimum Gasteiger partial charge on any atom is -0.493 e. The average molecular weight is 542 g/mol. The molecule has 2 rings (SSSR count). The highest BCUT2D eigenvalue weighted by Gasteiger charge is 2.27. The van der Waals surface area contributed by atoms with Gasteiger partial charge in [0, 0.05) is 11.5 Å². The number of thiocarbonyl (C=S) groups is 1. The molecule has 1 atom stereocenters. The van der Waals surface area contributed by atoms with Gasteiger partial charge < -0.3 is 24.8 Å². The number of aryl methyl sites for hydroxylation is 3. The lowest BCUT2D eigenvalue weighted by molar-refractivity contribution is -0.154. The van der Waals surface area contributed by atoms with Crippen LogP contribution in [0.3, 0.4) is 0 Å². The van der Waals surface area contributed by atoms with Crippen molar-refractivity contribution in [2.75, 3.05) is 26.9 Å². The monoisotopic (exact) mass is 541 g/mol. The lowest BCUT2D eigenvalue weighted by Crippen LogP contribution is -2.46. The van der Waals surface area contributed by atoms with Crippen molar-refractivity contribution in [3.8, 4) is 11.5 Å². The van der Waals surface area contributed by atoms with Crippen LogP contribution in [-0.2, 0) is 22.5 Å². The van der Waals surface area contributed by atoms with Crippen LogP contribution in [0, 0.1) is 19.3 Å². The molecule has 2 aromatic rings. The second kappa shape index (κ2) is 14.4. The van der Waals surface area contributed by atoms with Gasteiger partial charge in [-0.1, -0.05) is 29.4 Å². The summed E-state index contributed by atoms with van der Waals surface area (Å²) >= 11 is 5.45. The molecule has 0 bridgehead atoms. The molecule has 0 spiro atoms. The van der Waals surface area contributed by atoms with Crippen LogP contribution in [0.2, 0.25) is 0 Å². The van der Waals surface area contributed by atoms with Gasteiger partial charge in [-0.2, -0.15) is 0 Å². The van der Waals surface area contributed by atoms with Gasteiger partial charge in [0.2, 0.25) is 0 Å². The zero-order valence-electron chi connectivity index (χ0n) is 23.2. The smallest absolute Gasteiger partial charge is 0.311 e. The molecule has 0 aliphatic rings. The minimum absolute atomic E-state index is 0.163. The van der Waals surface area contributed by atoms with Gasteiger partial charge in [0.05, 0.1) is 31.7 Å². The second-order valence-corrected chi connectivity index (χ2v) is 10.6. The van der Waals surface area contributed by atoms with E-state index in [-0.39, 0.29) is 36.9 Å². The number of carbonyl (C=O) groups is 1. The summed E-state index contributed by atoms with van der Waals surface area (Å²) in [7, 11) is 1.56. The number of nitrogens with two attached hydrogens (primary N) is 1. The van der Waals surface area contributed by atoms with Crippen LogP contribution in [0.25, 0.3) is 10.4 Å². The summed E-state index contributed by atoms with van der Waals surface area (Å²) in [6, 6.07) is 11.8. The molecule has 10 heteroatoms. The summed E-state index contributed by atoms with van der Waals surface area (Å²) in [5.74, 6) is 0.800. The number of methoxy groups -OCH3 is 1. The van der Waals surface area contributed by atoms with E-state index in [1.54, 1.807) is 13.2 Å². The lowest BCUT2D eigenvalue weighted by atomic mass is 9.97. The Hall–Kier alpha value is -3.49. The molecule has 1 unspecified atom stereocenters. The first-order chi connectivity index (χ1) is 18.0. The number of esters is 1. The minimum atomic E-state index is -0.617. The van der Waals surface area contributed by atoms with Crippen LogP contribution in [-0.4, -0.2) is 48.9 Å². The Kier molecular flexibility index (Phi) is 11.7. The van der Waals surface area contributed by atoms with E-state index in [1.807, 2.05) is 37.8 Å². The molecular weight excluding hydrogens is 502 g/mol. The Morgan fingerprint density at radius 3 is 2.45 bits per heavy atom. The van der Waals surface area contributed by atoms with Gasteiger partial charge in [0.15, 0.2) is 16.6 Å². The van der Waals surface area contributed by atoms with Crippen LogP contribution in [0.4, 0.5) is 0 Å². The van der Waals surface area contributed by atoms with E-state index < -0.39 is 5.41 Å². The first kappa shape index (κ1) is 30.7. The maximum Gasteiger partial charge on any atom is 0.311 e. The quantitative estimate of drug-likeness (QED) is 0.0869. The van der Waals surface area contributed by atoms with E-state index in [2.05, 4.69) is 42.1 Å². The Bertz CT molecular complexity index is 1160. The van der Waals surface area contributed by atoms with E-state index in [9.17, 15) is 4.79 Å². The van der Waals surface area contributed by atoms with Gasteiger partial charge in [-0.15, -0.1) is 0 Å². The molecule has 2 aromatic carbocycles. The molecule has 9 nitrogen and oxygen atoms in total. The van der Waals surface area contributed by atoms with E-state index in [4.69, 9.17) is 37.7 Å². The van der Waals surface area contributed by atoms with Crippen LogP contribution < -0.4 is 15.2 Å². The molecule has 0 heterocycles. The summed E-state index contributed by atoms with van der Waals surface area (Å²) in [5, 5.41) is 3.69. The molecule has 0 aromatic heterocycles. The van der Waals surface area contributed by atoms with Gasteiger partial charge in [0.1, 0.15) is 6.61 Å². The van der Waals surface area contributed by atoms with Crippen molar-refractivity contribution in [3.05, 3.63) is 69.1 Å². The van der Waals surface area contributed by atoms with Crippen molar-refractivity contribution < 1.29 is 19.0 Å². The summed E-state index contributed by atoms with van der Waals surface area (Å²) in [5.41, 5.74) is 18.6. The van der Waals surface area contributed by atoms with Gasteiger partial charge in [-0.3, -0.25) is 4.79 Å². The molecule has 2 N–H and O–H groups in total. The van der Waals surface area contributed by atoms with Gasteiger partial charge in [-0.05, 0) is 99.6 Å². The summed E-state index contributed by atoms with van der Waals surface area (Å²) in [6.45, 7) is 10.7. The fourth-order valence-corrected chi connectivity index (χ4v) is 3.98. The first-order valence-corrected chi connectivity index (χ1v) is 13.0. The topological polar surface area (TPSA) is 123 Å². The highest BCUT2D eigenvalue weighted by Crippen LogP contribution is 2.29. The normalized spacial score (nSPS) is 11.7. The number of azide groups is 1. The number of nitrogens with zero attached hydrogens (tertiary/aromatic N) is 4. The van der Waals surface area contributed by atoms with Crippen LogP contribution in [0.5, 0.6) is 11.5 Å². The van der Waals surface area contributed by atoms with Crippen molar-refractivity contribution in [1.29, 1.82) is 0 Å². The fraction of sp³-hybridized carbons (Fsp3) is 0.500. The Labute approximate surface area is 230 Å². The van der Waals surface area contributed by atoms with E-state index in [0.717, 1.165) is 12.0 Å². The molecule has 0 aliphatic carbocycles. The average Bonchev–Trinajstić information content (AvgIpc) is 2.87. The zero-order chi connectivity index (χ0) is 28.3. The van der Waals surface area contributed by atoms with Crippen molar-refractivity contribution in [3.63, 3.8) is 0 Å². The number of hydrogen-bond donors (Lipinski definition) is 1. The molecule has 0 radical (unpaired) electrons. The standard InChI is InChI=1S/C28H39N5O4S/c1-19-7-8-21(15-20(19)2)9-11-23(18-37-26(34)28(3,4)5)33(27(29)38)17-22-10-12-24(25(16-22)35-6)36-14-13-31-32-30/h7-8,10,12,15-16,23H,9,11,13-14,17-18H2,1-6H3,(H2,29,38). The summed E-state index contributed by atoms with van der Waals surface area (Å²) in [6.07, 6.45) is 1.47. The summed E-state index contributed by atoms with van der Waals surface area (Å²) < 4.78 is 16.9. The van der Waals surface area contributed by atoms with Crippen molar-refractivity contribution in [1.82, 2.24) is 4.90 Å². The summed E-state index contributed by atoms with van der Waals surface area (Å²) in [4.78, 5) is 17.2. The predicted octanol–water partition coefficient (Wildman–Crippen LogP) is 5.64. The fourth-order valence-electron chi connectivity index (χ4n) is 3.76. The maximum atomic E-state index is 12.6. The molecule has 0 saturated heterocycles. The van der Waals surface area contributed by atoms with Crippen LogP contribution in [0.1, 0.15) is 49.4 Å². The van der Waals surface area contributed by atoms with Gasteiger partial charge in [-0.25, -0.2) is 0 Å². The Morgan fingerprint density at radius 1 is 1.13 bits per heavy atom. The SMILES string of the molecule is COc1cc(CN(C(N)=S)C(CCc2ccc(C)c(C)c2)COC(=O)C(C)(C)C)ccc1OCCN=[N+]=[N-]. The molecule has 0 fully saturated rings. The predicted molar refractivity (Wildman–Crippen MR) is 153 cm³/mol. The van der Waals surface area contributed by atoms with Crippen molar-refractivity contribution in [2.45, 2.75) is 60.0 Å². The molecule has 0 saturated carbocycles. The number of ether oxygens (including phenoxy) is 3. The lowest BCUT2D eigenvalue weighted by Gasteiger charge is -2.33. The Balaban J connectivity index is 2.26. The highest BCUT2D eigenvalue weighted by molar-refractivity contribution is 7.80. The number of carbonyl (C=O) groups excluding carboxylic acids is 1. The van der Waals surface area contributed by atoms with Gasteiger partial charge in [0.25, 0.3) is 0 Å². The third kappa shape index (κ3) is 9.43. The molecule has 0 aliphatic heterocycles. The van der Waals surface area contributed by atoms with E-state index in [1.165, 1.54) is 16.7 Å². The number of benzene rings is 2. The van der Waals surface area contributed by atoms with Crippen LogP contribution >= 0.6 is 12.2 Å². The van der Waals surface area contributed by atoms with Crippen molar-refractivity contribution in [2.24, 2.45) is 16.3 Å². The van der Waals surface area contributed by atoms with E-state index in [0.29, 0.717) is 24.5 Å². The number of hydrogen-bond acceptors (Lipinski definition) is 6.